The molecule has 0 aromatic carbocycles. The predicted octanol–water partition coefficient (Wildman–Crippen LogP) is 4.25. The van der Waals surface area contributed by atoms with Crippen molar-refractivity contribution in [1.29, 1.82) is 0 Å². The number of aliphatic hydroxyl groups is 1. The fraction of sp³-hybridized carbons (Fsp3) is 1.00. The monoisotopic (exact) mass is 226 g/mol. The SMILES string of the molecule is CC(C)CC(O)C1CCC(C(C)(C)C)CC1. The van der Waals surface area contributed by atoms with E-state index in [2.05, 4.69) is 34.6 Å². The third-order valence-electron chi connectivity index (χ3n) is 4.25. The minimum absolute atomic E-state index is 0.0547. The molecule has 0 amide bonds. The lowest BCUT2D eigenvalue weighted by Gasteiger charge is -2.38. The van der Waals surface area contributed by atoms with Gasteiger partial charge in [0.2, 0.25) is 0 Å². The van der Waals surface area contributed by atoms with Gasteiger partial charge in [0.1, 0.15) is 0 Å². The maximum Gasteiger partial charge on any atom is 0.0570 e. The molecule has 1 atom stereocenters. The van der Waals surface area contributed by atoms with Crippen LogP contribution in [0.5, 0.6) is 0 Å². The molecule has 0 spiro atoms. The first-order valence-corrected chi connectivity index (χ1v) is 6.98. The topological polar surface area (TPSA) is 20.2 Å². The zero-order valence-corrected chi connectivity index (χ0v) is 11.8. The molecular formula is C15H30O. The first-order chi connectivity index (χ1) is 7.30. The van der Waals surface area contributed by atoms with Crippen LogP contribution in [0.25, 0.3) is 0 Å². The minimum atomic E-state index is -0.0547. The number of hydrogen-bond donors (Lipinski definition) is 1. The quantitative estimate of drug-likeness (QED) is 0.763. The summed E-state index contributed by atoms with van der Waals surface area (Å²) in [4.78, 5) is 0. The standard InChI is InChI=1S/C15H30O/c1-11(2)10-14(16)12-6-8-13(9-7-12)15(3,4)5/h11-14,16H,6-10H2,1-5H3. The molecule has 0 radical (unpaired) electrons. The Bertz CT molecular complexity index is 194. The molecule has 1 N–H and O–H groups in total. The van der Waals surface area contributed by atoms with E-state index < -0.39 is 0 Å². The maximum absolute atomic E-state index is 10.1. The van der Waals surface area contributed by atoms with Gasteiger partial charge >= 0.3 is 0 Å². The van der Waals surface area contributed by atoms with E-state index in [1.807, 2.05) is 0 Å². The van der Waals surface area contributed by atoms with Crippen LogP contribution in [0, 0.1) is 23.2 Å². The molecule has 1 rings (SSSR count). The molecule has 0 aliphatic heterocycles. The molecule has 1 nitrogen and oxygen atoms in total. The van der Waals surface area contributed by atoms with E-state index in [9.17, 15) is 5.11 Å². The highest BCUT2D eigenvalue weighted by molar-refractivity contribution is 4.83. The molecule has 16 heavy (non-hydrogen) atoms. The molecule has 1 aliphatic rings. The second-order valence-corrected chi connectivity index (χ2v) is 7.17. The van der Waals surface area contributed by atoms with Crippen LogP contribution in [-0.4, -0.2) is 11.2 Å². The summed E-state index contributed by atoms with van der Waals surface area (Å²) in [6.45, 7) is 11.4. The van der Waals surface area contributed by atoms with Gasteiger partial charge < -0.3 is 5.11 Å². The Balaban J connectivity index is 2.37. The summed E-state index contributed by atoms with van der Waals surface area (Å²) < 4.78 is 0. The van der Waals surface area contributed by atoms with Gasteiger partial charge in [-0.15, -0.1) is 0 Å². The highest BCUT2D eigenvalue weighted by atomic mass is 16.3. The summed E-state index contributed by atoms with van der Waals surface area (Å²) in [5, 5.41) is 10.1. The van der Waals surface area contributed by atoms with E-state index >= 15 is 0 Å². The second kappa shape index (κ2) is 5.53. The van der Waals surface area contributed by atoms with Gasteiger partial charge in [0.25, 0.3) is 0 Å². The molecule has 0 saturated heterocycles. The Kier molecular flexibility index (Phi) is 4.85. The Labute approximate surface area is 102 Å². The molecule has 1 aliphatic carbocycles. The Morgan fingerprint density at radius 3 is 1.94 bits per heavy atom. The van der Waals surface area contributed by atoms with Gasteiger partial charge in [-0.2, -0.15) is 0 Å². The zero-order valence-electron chi connectivity index (χ0n) is 11.8. The van der Waals surface area contributed by atoms with Crippen molar-refractivity contribution in [3.63, 3.8) is 0 Å². The molecule has 0 bridgehead atoms. The van der Waals surface area contributed by atoms with Gasteiger partial charge in [-0.1, -0.05) is 34.6 Å². The average molecular weight is 226 g/mol. The maximum atomic E-state index is 10.1. The van der Waals surface area contributed by atoms with Crippen molar-refractivity contribution in [2.24, 2.45) is 23.2 Å². The Hall–Kier alpha value is -0.0400. The molecule has 1 unspecified atom stereocenters. The molecule has 0 aromatic heterocycles. The molecule has 1 saturated carbocycles. The lowest BCUT2D eigenvalue weighted by Crippen LogP contribution is -2.31. The van der Waals surface area contributed by atoms with Gasteiger partial charge in [0.15, 0.2) is 0 Å². The van der Waals surface area contributed by atoms with Gasteiger partial charge in [-0.05, 0) is 55.3 Å². The van der Waals surface area contributed by atoms with Gasteiger partial charge in [0.05, 0.1) is 6.10 Å². The third kappa shape index (κ3) is 4.08. The van der Waals surface area contributed by atoms with Crippen LogP contribution in [-0.2, 0) is 0 Å². The largest absolute Gasteiger partial charge is 0.393 e. The van der Waals surface area contributed by atoms with Crippen molar-refractivity contribution in [2.45, 2.75) is 72.8 Å². The van der Waals surface area contributed by atoms with Crippen LogP contribution >= 0.6 is 0 Å². The normalized spacial score (nSPS) is 29.4. The van der Waals surface area contributed by atoms with Crippen molar-refractivity contribution >= 4 is 0 Å². The molecular weight excluding hydrogens is 196 g/mol. The molecule has 1 heteroatoms. The number of rotatable bonds is 3. The molecule has 0 aromatic rings. The summed E-state index contributed by atoms with van der Waals surface area (Å²) in [6, 6.07) is 0. The highest BCUT2D eigenvalue weighted by Gasteiger charge is 2.32. The lowest BCUT2D eigenvalue weighted by molar-refractivity contribution is 0.0406. The minimum Gasteiger partial charge on any atom is -0.393 e. The zero-order chi connectivity index (χ0) is 12.3. The van der Waals surface area contributed by atoms with Crippen LogP contribution in [0.3, 0.4) is 0 Å². The third-order valence-corrected chi connectivity index (χ3v) is 4.25. The van der Waals surface area contributed by atoms with Gasteiger partial charge in [-0.25, -0.2) is 0 Å². The Morgan fingerprint density at radius 1 is 1.06 bits per heavy atom. The van der Waals surface area contributed by atoms with Crippen molar-refractivity contribution in [3.8, 4) is 0 Å². The fourth-order valence-corrected chi connectivity index (χ4v) is 3.05. The first kappa shape index (κ1) is 14.0. The van der Waals surface area contributed by atoms with Crippen LogP contribution in [0.4, 0.5) is 0 Å². The Morgan fingerprint density at radius 2 is 1.56 bits per heavy atom. The van der Waals surface area contributed by atoms with E-state index in [1.165, 1.54) is 25.7 Å². The van der Waals surface area contributed by atoms with Crippen LogP contribution in [0.1, 0.15) is 66.7 Å². The summed E-state index contributed by atoms with van der Waals surface area (Å²) in [5.41, 5.74) is 0.452. The summed E-state index contributed by atoms with van der Waals surface area (Å²) in [6.07, 6.45) is 6.00. The molecule has 96 valence electrons. The second-order valence-electron chi connectivity index (χ2n) is 7.17. The van der Waals surface area contributed by atoms with E-state index in [4.69, 9.17) is 0 Å². The van der Waals surface area contributed by atoms with Crippen LogP contribution < -0.4 is 0 Å². The van der Waals surface area contributed by atoms with Gasteiger partial charge in [0, 0.05) is 0 Å². The summed E-state index contributed by atoms with van der Waals surface area (Å²) >= 11 is 0. The van der Waals surface area contributed by atoms with Gasteiger partial charge in [-0.3, -0.25) is 0 Å². The van der Waals surface area contributed by atoms with E-state index in [1.54, 1.807) is 0 Å². The van der Waals surface area contributed by atoms with Crippen LogP contribution in [0.15, 0.2) is 0 Å². The van der Waals surface area contributed by atoms with Crippen molar-refractivity contribution in [2.75, 3.05) is 0 Å². The van der Waals surface area contributed by atoms with Crippen molar-refractivity contribution < 1.29 is 5.11 Å². The predicted molar refractivity (Wildman–Crippen MR) is 70.4 cm³/mol. The highest BCUT2D eigenvalue weighted by Crippen LogP contribution is 2.41. The van der Waals surface area contributed by atoms with Crippen LogP contribution in [0.2, 0.25) is 0 Å². The van der Waals surface area contributed by atoms with E-state index in [-0.39, 0.29) is 6.10 Å². The summed E-state index contributed by atoms with van der Waals surface area (Å²) in [7, 11) is 0. The fourth-order valence-electron chi connectivity index (χ4n) is 3.05. The summed E-state index contributed by atoms with van der Waals surface area (Å²) in [5.74, 6) is 2.05. The smallest absolute Gasteiger partial charge is 0.0570 e. The van der Waals surface area contributed by atoms with E-state index in [0.717, 1.165) is 12.3 Å². The lowest BCUT2D eigenvalue weighted by atomic mass is 9.68. The number of aliphatic hydroxyl groups excluding tert-OH is 1. The molecule has 1 fully saturated rings. The van der Waals surface area contributed by atoms with Crippen molar-refractivity contribution in [3.05, 3.63) is 0 Å². The molecule has 0 heterocycles. The first-order valence-electron chi connectivity index (χ1n) is 6.98. The number of hydrogen-bond acceptors (Lipinski definition) is 1. The van der Waals surface area contributed by atoms with E-state index in [0.29, 0.717) is 17.3 Å². The average Bonchev–Trinajstić information content (AvgIpc) is 2.15. The van der Waals surface area contributed by atoms with Crippen molar-refractivity contribution in [1.82, 2.24) is 0 Å².